The lowest BCUT2D eigenvalue weighted by Gasteiger charge is -2.23. The topological polar surface area (TPSA) is 114 Å². The number of rotatable bonds is 7. The summed E-state index contributed by atoms with van der Waals surface area (Å²) in [5, 5.41) is 17.7. The second-order valence-corrected chi connectivity index (χ2v) is 8.10. The van der Waals surface area contributed by atoms with Crippen LogP contribution in [0.25, 0.3) is 5.82 Å². The van der Waals surface area contributed by atoms with Crippen molar-refractivity contribution in [2.75, 3.05) is 25.1 Å². The summed E-state index contributed by atoms with van der Waals surface area (Å²) in [5.41, 5.74) is 1.12. The molecule has 1 aliphatic heterocycles. The van der Waals surface area contributed by atoms with Gasteiger partial charge in [0.05, 0.1) is 12.6 Å². The second-order valence-electron chi connectivity index (χ2n) is 7.12. The van der Waals surface area contributed by atoms with E-state index in [9.17, 15) is 9.90 Å². The Labute approximate surface area is 178 Å². The van der Waals surface area contributed by atoms with Gasteiger partial charge in [0.1, 0.15) is 17.8 Å². The van der Waals surface area contributed by atoms with Crippen LogP contribution in [0, 0.1) is 6.92 Å². The van der Waals surface area contributed by atoms with E-state index < -0.39 is 6.04 Å². The molecule has 3 aromatic rings. The highest BCUT2D eigenvalue weighted by atomic mass is 32.1. The molecule has 9 nitrogen and oxygen atoms in total. The van der Waals surface area contributed by atoms with Crippen LogP contribution in [0.3, 0.4) is 0 Å². The second kappa shape index (κ2) is 9.33. The van der Waals surface area contributed by atoms with Crippen LogP contribution >= 0.6 is 11.3 Å². The molecule has 10 heteroatoms. The molecule has 3 aromatic heterocycles. The average molecular weight is 429 g/mol. The fraction of sp³-hybridized carbons (Fsp3) is 0.400. The first-order valence-corrected chi connectivity index (χ1v) is 10.7. The van der Waals surface area contributed by atoms with Crippen LogP contribution in [0.15, 0.2) is 36.2 Å². The molecule has 158 valence electrons. The highest BCUT2D eigenvalue weighted by Gasteiger charge is 2.19. The van der Waals surface area contributed by atoms with Crippen LogP contribution in [0.4, 0.5) is 5.95 Å². The fourth-order valence-electron chi connectivity index (χ4n) is 3.27. The van der Waals surface area contributed by atoms with E-state index in [0.717, 1.165) is 36.5 Å². The molecule has 1 unspecified atom stereocenters. The van der Waals surface area contributed by atoms with Gasteiger partial charge < -0.3 is 20.5 Å². The monoisotopic (exact) mass is 428 g/mol. The van der Waals surface area contributed by atoms with E-state index in [1.54, 1.807) is 23.3 Å². The number of aliphatic hydroxyl groups is 1. The van der Waals surface area contributed by atoms with E-state index in [4.69, 9.17) is 4.74 Å². The molecule has 1 amide bonds. The zero-order valence-electron chi connectivity index (χ0n) is 16.6. The van der Waals surface area contributed by atoms with Gasteiger partial charge in [0.2, 0.25) is 5.95 Å². The van der Waals surface area contributed by atoms with Crippen molar-refractivity contribution in [3.63, 3.8) is 0 Å². The van der Waals surface area contributed by atoms with Crippen molar-refractivity contribution < 1.29 is 14.6 Å². The number of carbonyl (C=O) groups excluding carboxylic acids is 1. The highest BCUT2D eigenvalue weighted by Crippen LogP contribution is 2.20. The van der Waals surface area contributed by atoms with Crippen molar-refractivity contribution in [3.8, 4) is 5.82 Å². The van der Waals surface area contributed by atoms with Crippen molar-refractivity contribution in [2.24, 2.45) is 0 Å². The average Bonchev–Trinajstić information content (AvgIpc) is 3.46. The SMILES string of the molecule is Cc1cnc(NC2CCOCC2)nc1-n1cnc(C(=O)NC(CO)c2cccs2)c1. The number of anilines is 1. The first-order chi connectivity index (χ1) is 14.6. The molecule has 1 aliphatic rings. The zero-order valence-corrected chi connectivity index (χ0v) is 17.4. The molecular formula is C20H24N6O3S. The molecule has 1 saturated heterocycles. The third-order valence-corrected chi connectivity index (χ3v) is 5.92. The molecule has 0 bridgehead atoms. The third-order valence-electron chi connectivity index (χ3n) is 4.93. The minimum Gasteiger partial charge on any atom is -0.394 e. The van der Waals surface area contributed by atoms with Crippen molar-refractivity contribution in [2.45, 2.75) is 31.8 Å². The van der Waals surface area contributed by atoms with Crippen LogP contribution < -0.4 is 10.6 Å². The normalized spacial score (nSPS) is 15.7. The number of hydrogen-bond donors (Lipinski definition) is 3. The summed E-state index contributed by atoms with van der Waals surface area (Å²) >= 11 is 1.48. The van der Waals surface area contributed by atoms with Gasteiger partial charge in [0.15, 0.2) is 0 Å². The molecule has 0 aliphatic carbocycles. The summed E-state index contributed by atoms with van der Waals surface area (Å²) in [4.78, 5) is 26.7. The van der Waals surface area contributed by atoms with Crippen LogP contribution in [0.1, 0.15) is 39.8 Å². The summed E-state index contributed by atoms with van der Waals surface area (Å²) < 4.78 is 7.10. The van der Waals surface area contributed by atoms with Crippen LogP contribution in [-0.2, 0) is 4.74 Å². The number of nitrogens with one attached hydrogen (secondary N) is 2. The summed E-state index contributed by atoms with van der Waals surface area (Å²) in [6, 6.07) is 3.58. The van der Waals surface area contributed by atoms with Crippen molar-refractivity contribution >= 4 is 23.2 Å². The summed E-state index contributed by atoms with van der Waals surface area (Å²) in [5.74, 6) is 0.844. The van der Waals surface area contributed by atoms with E-state index in [0.29, 0.717) is 11.8 Å². The molecule has 0 saturated carbocycles. The molecule has 30 heavy (non-hydrogen) atoms. The Balaban J connectivity index is 1.48. The summed E-state index contributed by atoms with van der Waals surface area (Å²) in [7, 11) is 0. The zero-order chi connectivity index (χ0) is 20.9. The number of hydrogen-bond acceptors (Lipinski definition) is 8. The van der Waals surface area contributed by atoms with E-state index >= 15 is 0 Å². The first-order valence-electron chi connectivity index (χ1n) is 9.81. The maximum Gasteiger partial charge on any atom is 0.272 e. The maximum absolute atomic E-state index is 12.6. The Hall–Kier alpha value is -2.82. The van der Waals surface area contributed by atoms with E-state index in [1.165, 1.54) is 11.3 Å². The largest absolute Gasteiger partial charge is 0.394 e. The smallest absolute Gasteiger partial charge is 0.272 e. The molecule has 4 heterocycles. The van der Waals surface area contributed by atoms with Crippen LogP contribution in [0.2, 0.25) is 0 Å². The number of amides is 1. The molecule has 4 rings (SSSR count). The predicted octanol–water partition coefficient (Wildman–Crippen LogP) is 2.09. The van der Waals surface area contributed by atoms with Crippen LogP contribution in [-0.4, -0.2) is 56.4 Å². The number of imidazole rings is 1. The molecule has 0 radical (unpaired) electrons. The Bertz CT molecular complexity index is 984. The molecule has 1 fully saturated rings. The fourth-order valence-corrected chi connectivity index (χ4v) is 4.04. The lowest BCUT2D eigenvalue weighted by Crippen LogP contribution is -2.30. The van der Waals surface area contributed by atoms with Gasteiger partial charge in [-0.25, -0.2) is 9.97 Å². The number of carbonyl (C=O) groups is 1. The number of thiophene rings is 1. The molecule has 1 atom stereocenters. The summed E-state index contributed by atoms with van der Waals surface area (Å²) in [6.45, 7) is 3.19. The van der Waals surface area contributed by atoms with Gasteiger partial charge >= 0.3 is 0 Å². The molecule has 0 aromatic carbocycles. The first kappa shape index (κ1) is 20.5. The Morgan fingerprint density at radius 2 is 2.23 bits per heavy atom. The van der Waals surface area contributed by atoms with Crippen LogP contribution in [0.5, 0.6) is 0 Å². The number of ether oxygens (including phenoxy) is 1. The number of aromatic nitrogens is 4. The minimum absolute atomic E-state index is 0.181. The van der Waals surface area contributed by atoms with Crippen molar-refractivity contribution in [1.29, 1.82) is 0 Å². The molecular weight excluding hydrogens is 404 g/mol. The third kappa shape index (κ3) is 4.66. The lowest BCUT2D eigenvalue weighted by atomic mass is 10.1. The molecule has 3 N–H and O–H groups in total. The minimum atomic E-state index is -0.460. The van der Waals surface area contributed by atoms with Gasteiger partial charge in [-0.3, -0.25) is 9.36 Å². The van der Waals surface area contributed by atoms with Gasteiger partial charge in [-0.15, -0.1) is 11.3 Å². The van der Waals surface area contributed by atoms with E-state index in [1.807, 2.05) is 24.4 Å². The maximum atomic E-state index is 12.6. The Morgan fingerprint density at radius 3 is 2.97 bits per heavy atom. The van der Waals surface area contributed by atoms with Gasteiger partial charge in [0, 0.05) is 42.1 Å². The number of aryl methyl sites for hydroxylation is 1. The number of nitrogens with zero attached hydrogens (tertiary/aromatic N) is 4. The van der Waals surface area contributed by atoms with Gasteiger partial charge in [-0.1, -0.05) is 6.07 Å². The summed E-state index contributed by atoms with van der Waals surface area (Å²) in [6.07, 6.45) is 6.77. The standard InChI is InChI=1S/C20H24N6O3S/c1-13-9-21-20(23-14-4-6-29-7-5-14)25-18(13)26-10-15(22-12-26)19(28)24-16(11-27)17-3-2-8-30-17/h2-3,8-10,12,14,16,27H,4-7,11H2,1H3,(H,24,28)(H,21,23,25). The number of aliphatic hydroxyl groups excluding tert-OH is 1. The van der Waals surface area contributed by atoms with Gasteiger partial charge in [-0.05, 0) is 31.2 Å². The van der Waals surface area contributed by atoms with Gasteiger partial charge in [-0.2, -0.15) is 4.98 Å². The Morgan fingerprint density at radius 1 is 1.40 bits per heavy atom. The Kier molecular flexibility index (Phi) is 6.36. The molecule has 0 spiro atoms. The lowest BCUT2D eigenvalue weighted by molar-refractivity contribution is 0.0902. The van der Waals surface area contributed by atoms with Gasteiger partial charge in [0.25, 0.3) is 5.91 Å². The quantitative estimate of drug-likeness (QED) is 0.528. The highest BCUT2D eigenvalue weighted by molar-refractivity contribution is 7.10. The van der Waals surface area contributed by atoms with E-state index in [-0.39, 0.29) is 24.2 Å². The predicted molar refractivity (Wildman–Crippen MR) is 113 cm³/mol. The van der Waals surface area contributed by atoms with E-state index in [2.05, 4.69) is 25.6 Å². The van der Waals surface area contributed by atoms with Crippen molar-refractivity contribution in [1.82, 2.24) is 24.8 Å². The van der Waals surface area contributed by atoms with Crippen molar-refractivity contribution in [3.05, 3.63) is 52.4 Å².